The Kier molecular flexibility index (Phi) is 7.10. The fraction of sp³-hybridized carbons (Fsp3) is 0.381. The molecule has 166 valence electrons. The van der Waals surface area contributed by atoms with Gasteiger partial charge in [0.2, 0.25) is 5.91 Å². The highest BCUT2D eigenvalue weighted by molar-refractivity contribution is 7.99. The number of benzene rings is 1. The summed E-state index contributed by atoms with van der Waals surface area (Å²) in [6.45, 7) is 8.28. The quantitative estimate of drug-likeness (QED) is 0.404. The van der Waals surface area contributed by atoms with Gasteiger partial charge >= 0.3 is 6.18 Å². The van der Waals surface area contributed by atoms with E-state index in [4.69, 9.17) is 0 Å². The van der Waals surface area contributed by atoms with Gasteiger partial charge < -0.3 is 5.32 Å². The summed E-state index contributed by atoms with van der Waals surface area (Å²) in [6.07, 6.45) is -4.46. The summed E-state index contributed by atoms with van der Waals surface area (Å²) in [4.78, 5) is 13.6. The van der Waals surface area contributed by atoms with Gasteiger partial charge in [0.15, 0.2) is 11.0 Å². The van der Waals surface area contributed by atoms with Crippen LogP contribution in [0.15, 0.2) is 40.9 Å². The summed E-state index contributed by atoms with van der Waals surface area (Å²) in [7, 11) is 0. The lowest BCUT2D eigenvalue weighted by Gasteiger charge is -2.13. The minimum atomic E-state index is -4.46. The molecule has 1 N–H and O–H groups in total. The maximum absolute atomic E-state index is 12.8. The molecule has 1 amide bonds. The fourth-order valence-electron chi connectivity index (χ4n) is 2.91. The number of amides is 1. The molecule has 0 radical (unpaired) electrons. The monoisotopic (exact) mass is 468 g/mol. The molecule has 2 aromatic heterocycles. The van der Waals surface area contributed by atoms with Gasteiger partial charge in [-0.1, -0.05) is 31.7 Å². The third kappa shape index (κ3) is 5.68. The molecule has 2 heterocycles. The predicted octanol–water partition coefficient (Wildman–Crippen LogP) is 6.46. The number of halogens is 3. The van der Waals surface area contributed by atoms with Crippen LogP contribution in [0, 0.1) is 0 Å². The molecule has 1 aromatic carbocycles. The van der Waals surface area contributed by atoms with Crippen LogP contribution in [0.25, 0.3) is 11.4 Å². The maximum atomic E-state index is 12.8. The number of nitrogens with one attached hydrogen (secondary N) is 1. The number of anilines is 1. The molecule has 0 saturated heterocycles. The molecular weight excluding hydrogens is 445 g/mol. The zero-order valence-corrected chi connectivity index (χ0v) is 19.2. The highest BCUT2D eigenvalue weighted by Gasteiger charge is 2.30. The largest absolute Gasteiger partial charge is 0.416 e. The first-order chi connectivity index (χ1) is 14.6. The van der Waals surface area contributed by atoms with Gasteiger partial charge in [-0.05, 0) is 44.0 Å². The Morgan fingerprint density at radius 1 is 1.19 bits per heavy atom. The molecule has 0 unspecified atom stereocenters. The fourth-order valence-corrected chi connectivity index (χ4v) is 4.68. The molecule has 10 heteroatoms. The van der Waals surface area contributed by atoms with Crippen molar-refractivity contribution in [2.75, 3.05) is 11.1 Å². The van der Waals surface area contributed by atoms with Gasteiger partial charge in [0.1, 0.15) is 0 Å². The lowest BCUT2D eigenvalue weighted by atomic mass is 10.1. The Bertz CT molecular complexity index is 1060. The predicted molar refractivity (Wildman–Crippen MR) is 119 cm³/mol. The number of thioether (sulfide) groups is 1. The van der Waals surface area contributed by atoms with Gasteiger partial charge in [0, 0.05) is 27.5 Å². The Morgan fingerprint density at radius 2 is 1.94 bits per heavy atom. The van der Waals surface area contributed by atoms with Crippen molar-refractivity contribution in [3.8, 4) is 11.4 Å². The van der Waals surface area contributed by atoms with Gasteiger partial charge in [-0.15, -0.1) is 21.5 Å². The van der Waals surface area contributed by atoms with Crippen LogP contribution in [-0.2, 0) is 11.0 Å². The Balaban J connectivity index is 1.71. The molecule has 0 saturated carbocycles. The van der Waals surface area contributed by atoms with Crippen LogP contribution in [0.5, 0.6) is 0 Å². The zero-order valence-electron chi connectivity index (χ0n) is 17.5. The number of nitrogens with zero attached hydrogens (tertiary/aromatic N) is 3. The first-order valence-corrected chi connectivity index (χ1v) is 11.6. The van der Waals surface area contributed by atoms with Crippen LogP contribution in [0.3, 0.4) is 0 Å². The minimum Gasteiger partial charge on any atom is -0.325 e. The van der Waals surface area contributed by atoms with E-state index in [-0.39, 0.29) is 17.5 Å². The molecule has 0 aliphatic carbocycles. The van der Waals surface area contributed by atoms with E-state index < -0.39 is 17.6 Å². The third-order valence-electron chi connectivity index (χ3n) is 4.43. The molecule has 3 rings (SSSR count). The molecule has 3 aromatic rings. The lowest BCUT2D eigenvalue weighted by Crippen LogP contribution is -2.15. The molecule has 0 spiro atoms. The third-order valence-corrected chi connectivity index (χ3v) is 6.61. The average Bonchev–Trinajstić information content (AvgIpc) is 3.33. The number of carbonyl (C=O) groups excluding carboxylic acids is 1. The van der Waals surface area contributed by atoms with Gasteiger partial charge in [-0.3, -0.25) is 9.36 Å². The number of alkyl halides is 3. The standard InChI is InChI=1S/C21H23F3N4OS2/c1-12(2)17-8-14(10-30-17)19-26-27-20(28(19)13(3)4)31-11-18(29)25-16-7-5-6-15(9-16)21(22,23)24/h5-10,12-13H,11H2,1-4H3,(H,25,29). The summed E-state index contributed by atoms with van der Waals surface area (Å²) in [6, 6.07) is 6.75. The SMILES string of the molecule is CC(C)c1cc(-c2nnc(SCC(=O)Nc3cccc(C(F)(F)F)c3)n2C(C)C)cs1. The van der Waals surface area contributed by atoms with E-state index in [0.29, 0.717) is 11.1 Å². The molecule has 0 atom stereocenters. The zero-order chi connectivity index (χ0) is 22.8. The van der Waals surface area contributed by atoms with Crippen molar-refractivity contribution in [1.82, 2.24) is 14.8 Å². The van der Waals surface area contributed by atoms with E-state index in [1.165, 1.54) is 28.8 Å². The summed E-state index contributed by atoms with van der Waals surface area (Å²) >= 11 is 2.87. The molecule has 0 bridgehead atoms. The number of aromatic nitrogens is 3. The van der Waals surface area contributed by atoms with Crippen molar-refractivity contribution in [3.05, 3.63) is 46.2 Å². The molecule has 0 aliphatic rings. The first kappa shape index (κ1) is 23.3. The van der Waals surface area contributed by atoms with E-state index in [1.807, 2.05) is 23.8 Å². The van der Waals surface area contributed by atoms with E-state index in [2.05, 4.69) is 35.4 Å². The lowest BCUT2D eigenvalue weighted by molar-refractivity contribution is -0.137. The molecule has 5 nitrogen and oxygen atoms in total. The van der Waals surface area contributed by atoms with Crippen molar-refractivity contribution < 1.29 is 18.0 Å². The molecule has 0 aliphatic heterocycles. The minimum absolute atomic E-state index is 0.00196. The smallest absolute Gasteiger partial charge is 0.325 e. The van der Waals surface area contributed by atoms with Crippen molar-refractivity contribution in [1.29, 1.82) is 0 Å². The number of carbonyl (C=O) groups is 1. The summed E-state index contributed by atoms with van der Waals surface area (Å²) in [5, 5.41) is 13.7. The molecule has 0 fully saturated rings. The van der Waals surface area contributed by atoms with Crippen LogP contribution >= 0.6 is 23.1 Å². The van der Waals surface area contributed by atoms with Gasteiger partial charge in [-0.25, -0.2) is 0 Å². The summed E-state index contributed by atoms with van der Waals surface area (Å²) in [5.74, 6) is 0.741. The van der Waals surface area contributed by atoms with Crippen molar-refractivity contribution in [2.45, 2.75) is 51.0 Å². The normalized spacial score (nSPS) is 12.0. The van der Waals surface area contributed by atoms with Gasteiger partial charge in [0.25, 0.3) is 0 Å². The highest BCUT2D eigenvalue weighted by atomic mass is 32.2. The van der Waals surface area contributed by atoms with Crippen molar-refractivity contribution in [3.63, 3.8) is 0 Å². The first-order valence-electron chi connectivity index (χ1n) is 9.70. The number of thiophene rings is 1. The molecular formula is C21H23F3N4OS2. The Labute approximate surface area is 187 Å². The number of rotatable bonds is 7. The van der Waals surface area contributed by atoms with Crippen LogP contribution in [0.2, 0.25) is 0 Å². The molecule has 31 heavy (non-hydrogen) atoms. The average molecular weight is 469 g/mol. The number of hydrogen-bond donors (Lipinski definition) is 1. The summed E-state index contributed by atoms with van der Waals surface area (Å²) < 4.78 is 40.5. The van der Waals surface area contributed by atoms with E-state index >= 15 is 0 Å². The maximum Gasteiger partial charge on any atom is 0.416 e. The van der Waals surface area contributed by atoms with E-state index in [0.717, 1.165) is 23.5 Å². The second-order valence-electron chi connectivity index (χ2n) is 7.58. The van der Waals surface area contributed by atoms with Crippen molar-refractivity contribution >= 4 is 34.7 Å². The number of hydrogen-bond acceptors (Lipinski definition) is 5. The van der Waals surface area contributed by atoms with Crippen molar-refractivity contribution in [2.24, 2.45) is 0 Å². The van der Waals surface area contributed by atoms with Crippen LogP contribution in [-0.4, -0.2) is 26.4 Å². The second kappa shape index (κ2) is 9.44. The van der Waals surface area contributed by atoms with E-state index in [9.17, 15) is 18.0 Å². The topological polar surface area (TPSA) is 59.8 Å². The second-order valence-corrected chi connectivity index (χ2v) is 9.46. The van der Waals surface area contributed by atoms with Crippen LogP contribution < -0.4 is 5.32 Å². The van der Waals surface area contributed by atoms with Gasteiger partial charge in [-0.2, -0.15) is 13.2 Å². The Morgan fingerprint density at radius 3 is 2.55 bits per heavy atom. The summed E-state index contributed by atoms with van der Waals surface area (Å²) in [5.41, 5.74) is 0.278. The van der Waals surface area contributed by atoms with Crippen LogP contribution in [0.1, 0.15) is 50.1 Å². The van der Waals surface area contributed by atoms with Gasteiger partial charge in [0.05, 0.1) is 11.3 Å². The Hall–Kier alpha value is -2.33. The van der Waals surface area contributed by atoms with Crippen LogP contribution in [0.4, 0.5) is 18.9 Å². The highest BCUT2D eigenvalue weighted by Crippen LogP contribution is 2.33. The van der Waals surface area contributed by atoms with E-state index in [1.54, 1.807) is 11.3 Å².